The fraction of sp³-hybridized carbons (Fsp3) is 0.222. The van der Waals surface area contributed by atoms with E-state index < -0.39 is 30.4 Å². The maximum Gasteiger partial charge on any atom is 0.422 e. The van der Waals surface area contributed by atoms with Crippen LogP contribution in [0.2, 0.25) is 0 Å². The number of hydrogen-bond donors (Lipinski definition) is 2. The fourth-order valence-electron chi connectivity index (χ4n) is 2.14. The molecule has 0 aliphatic rings. The number of ether oxygens (including phenoxy) is 1. The number of anilines is 2. The number of nitriles is 1. The summed E-state index contributed by atoms with van der Waals surface area (Å²) in [7, 11) is 0. The van der Waals surface area contributed by atoms with Crippen molar-refractivity contribution >= 4 is 17.3 Å². The molecule has 2 aromatic rings. The molecule has 0 heterocycles. The first-order valence-corrected chi connectivity index (χ1v) is 7.92. The largest absolute Gasteiger partial charge is 0.483 e. The first-order chi connectivity index (χ1) is 13.5. The summed E-state index contributed by atoms with van der Waals surface area (Å²) >= 11 is 0. The van der Waals surface area contributed by atoms with Crippen molar-refractivity contribution in [2.45, 2.75) is 12.4 Å². The number of benzene rings is 2. The maximum atomic E-state index is 12.5. The van der Waals surface area contributed by atoms with Gasteiger partial charge >= 0.3 is 12.4 Å². The molecule has 0 saturated heterocycles. The summed E-state index contributed by atoms with van der Waals surface area (Å²) in [6.07, 6.45) is -9.04. The predicted octanol–water partition coefficient (Wildman–Crippen LogP) is 4.57. The van der Waals surface area contributed by atoms with Gasteiger partial charge in [-0.15, -0.1) is 0 Å². The highest BCUT2D eigenvalue weighted by molar-refractivity contribution is 5.93. The molecule has 2 rings (SSSR count). The summed E-state index contributed by atoms with van der Waals surface area (Å²) in [5.74, 6) is -0.842. The van der Waals surface area contributed by atoms with Crippen LogP contribution in [0, 0.1) is 11.3 Å². The zero-order valence-electron chi connectivity index (χ0n) is 14.5. The van der Waals surface area contributed by atoms with Gasteiger partial charge in [-0.2, -0.15) is 31.6 Å². The smallest absolute Gasteiger partial charge is 0.422 e. The van der Waals surface area contributed by atoms with Gasteiger partial charge in [0, 0.05) is 11.4 Å². The minimum absolute atomic E-state index is 0.151. The van der Waals surface area contributed by atoms with E-state index in [0.717, 1.165) is 30.3 Å². The highest BCUT2D eigenvalue weighted by Gasteiger charge is 2.30. The van der Waals surface area contributed by atoms with Crippen molar-refractivity contribution in [3.8, 4) is 11.8 Å². The number of alkyl halides is 6. The lowest BCUT2D eigenvalue weighted by Gasteiger charge is -2.12. The molecule has 0 aromatic heterocycles. The number of nitrogens with zero attached hydrogens (tertiary/aromatic N) is 1. The second-order valence-electron chi connectivity index (χ2n) is 5.70. The number of halogens is 6. The average molecular weight is 417 g/mol. The number of hydrogen-bond acceptors (Lipinski definition) is 4. The lowest BCUT2D eigenvalue weighted by atomic mass is 10.2. The van der Waals surface area contributed by atoms with Gasteiger partial charge in [0.2, 0.25) is 5.91 Å². The molecule has 0 unspecified atom stereocenters. The number of nitrogens with one attached hydrogen (secondary N) is 2. The quantitative estimate of drug-likeness (QED) is 0.676. The van der Waals surface area contributed by atoms with E-state index in [1.54, 1.807) is 6.07 Å². The van der Waals surface area contributed by atoms with E-state index >= 15 is 0 Å². The summed E-state index contributed by atoms with van der Waals surface area (Å²) < 4.78 is 78.7. The van der Waals surface area contributed by atoms with Crippen molar-refractivity contribution in [1.29, 1.82) is 5.26 Å². The van der Waals surface area contributed by atoms with Crippen LogP contribution in [0.25, 0.3) is 0 Å². The fourth-order valence-corrected chi connectivity index (χ4v) is 2.14. The first kappa shape index (κ1) is 21.9. The van der Waals surface area contributed by atoms with Crippen LogP contribution in [-0.4, -0.2) is 25.2 Å². The van der Waals surface area contributed by atoms with Crippen LogP contribution in [0.1, 0.15) is 11.1 Å². The standard InChI is InChI=1S/C18H13F6N3O2/c19-17(20,21)10-29-15-6-5-14(7-11(15)8-25)26-9-16(28)27-13-3-1-12(2-4-13)18(22,23)24/h1-7,26H,9-10H2,(H,27,28). The zero-order valence-corrected chi connectivity index (χ0v) is 14.5. The molecule has 1 amide bonds. The van der Waals surface area contributed by atoms with Crippen molar-refractivity contribution in [2.75, 3.05) is 23.8 Å². The van der Waals surface area contributed by atoms with Crippen LogP contribution in [0.15, 0.2) is 42.5 Å². The molecule has 0 atom stereocenters. The monoisotopic (exact) mass is 417 g/mol. The summed E-state index contributed by atoms with van der Waals surface area (Å²) in [5, 5.41) is 14.1. The molecular formula is C18H13F6N3O2. The Balaban J connectivity index is 1.93. The van der Waals surface area contributed by atoms with E-state index in [9.17, 15) is 31.1 Å². The van der Waals surface area contributed by atoms with Crippen LogP contribution >= 0.6 is 0 Å². The molecule has 0 bridgehead atoms. The third-order valence-corrected chi connectivity index (χ3v) is 3.44. The molecule has 5 nitrogen and oxygen atoms in total. The Morgan fingerprint density at radius 2 is 1.62 bits per heavy atom. The predicted molar refractivity (Wildman–Crippen MR) is 91.3 cm³/mol. The molecule has 154 valence electrons. The molecule has 0 radical (unpaired) electrons. The van der Waals surface area contributed by atoms with Crippen LogP contribution < -0.4 is 15.4 Å². The molecule has 0 saturated carbocycles. The second-order valence-corrected chi connectivity index (χ2v) is 5.70. The number of carbonyl (C=O) groups excluding carboxylic acids is 1. The Morgan fingerprint density at radius 3 is 2.17 bits per heavy atom. The Bertz CT molecular complexity index is 902. The van der Waals surface area contributed by atoms with E-state index in [1.807, 2.05) is 0 Å². The Kier molecular flexibility index (Phi) is 6.58. The molecular weight excluding hydrogens is 404 g/mol. The van der Waals surface area contributed by atoms with E-state index in [-0.39, 0.29) is 29.2 Å². The van der Waals surface area contributed by atoms with Crippen LogP contribution in [-0.2, 0) is 11.0 Å². The summed E-state index contributed by atoms with van der Waals surface area (Å²) in [5.41, 5.74) is -0.602. The van der Waals surface area contributed by atoms with Gasteiger partial charge in [0.15, 0.2) is 6.61 Å². The molecule has 0 spiro atoms. The topological polar surface area (TPSA) is 74.2 Å². The zero-order chi connectivity index (χ0) is 21.7. The van der Waals surface area contributed by atoms with Crippen molar-refractivity contribution < 1.29 is 35.9 Å². The van der Waals surface area contributed by atoms with E-state index in [4.69, 9.17) is 5.26 Å². The highest BCUT2D eigenvalue weighted by atomic mass is 19.4. The van der Waals surface area contributed by atoms with Crippen LogP contribution in [0.3, 0.4) is 0 Å². The van der Waals surface area contributed by atoms with Gasteiger partial charge in [0.05, 0.1) is 17.7 Å². The molecule has 29 heavy (non-hydrogen) atoms. The van der Waals surface area contributed by atoms with Crippen molar-refractivity contribution in [3.63, 3.8) is 0 Å². The lowest BCUT2D eigenvalue weighted by Crippen LogP contribution is -2.22. The van der Waals surface area contributed by atoms with Crippen molar-refractivity contribution in [1.82, 2.24) is 0 Å². The molecule has 0 aliphatic carbocycles. The normalized spacial score (nSPS) is 11.5. The minimum Gasteiger partial charge on any atom is -0.483 e. The number of carbonyl (C=O) groups is 1. The van der Waals surface area contributed by atoms with Gasteiger partial charge < -0.3 is 15.4 Å². The van der Waals surface area contributed by atoms with E-state index in [2.05, 4.69) is 15.4 Å². The number of rotatable bonds is 6. The van der Waals surface area contributed by atoms with Gasteiger partial charge in [0.25, 0.3) is 0 Å². The van der Waals surface area contributed by atoms with Crippen LogP contribution in [0.5, 0.6) is 5.75 Å². The van der Waals surface area contributed by atoms with Gasteiger partial charge in [-0.25, -0.2) is 0 Å². The summed E-state index contributed by atoms with van der Waals surface area (Å²) in [6, 6.07) is 9.21. The minimum atomic E-state index is -4.56. The van der Waals surface area contributed by atoms with Gasteiger partial charge in [-0.1, -0.05) is 0 Å². The Hall–Kier alpha value is -3.42. The third kappa shape index (κ3) is 6.91. The van der Waals surface area contributed by atoms with Crippen molar-refractivity contribution in [2.24, 2.45) is 0 Å². The Labute approximate surface area is 160 Å². The SMILES string of the molecule is N#Cc1cc(NCC(=O)Nc2ccc(C(F)(F)F)cc2)ccc1OCC(F)(F)F. The third-order valence-electron chi connectivity index (χ3n) is 3.44. The maximum absolute atomic E-state index is 12.5. The van der Waals surface area contributed by atoms with E-state index in [1.165, 1.54) is 12.1 Å². The molecule has 2 N–H and O–H groups in total. The highest BCUT2D eigenvalue weighted by Crippen LogP contribution is 2.30. The van der Waals surface area contributed by atoms with Gasteiger partial charge in [-0.05, 0) is 42.5 Å². The van der Waals surface area contributed by atoms with Gasteiger partial charge in [-0.3, -0.25) is 4.79 Å². The molecule has 0 fully saturated rings. The lowest BCUT2D eigenvalue weighted by molar-refractivity contribution is -0.153. The molecule has 2 aromatic carbocycles. The van der Waals surface area contributed by atoms with E-state index in [0.29, 0.717) is 0 Å². The molecule has 0 aliphatic heterocycles. The second kappa shape index (κ2) is 8.72. The van der Waals surface area contributed by atoms with Crippen LogP contribution in [0.4, 0.5) is 37.7 Å². The average Bonchev–Trinajstić information content (AvgIpc) is 2.64. The summed E-state index contributed by atoms with van der Waals surface area (Å²) in [4.78, 5) is 11.9. The van der Waals surface area contributed by atoms with Gasteiger partial charge in [0.1, 0.15) is 11.8 Å². The first-order valence-electron chi connectivity index (χ1n) is 7.92. The number of amides is 1. The molecule has 11 heteroatoms. The Morgan fingerprint density at radius 1 is 1.00 bits per heavy atom. The summed E-state index contributed by atoms with van der Waals surface area (Å²) in [6.45, 7) is -1.85. The van der Waals surface area contributed by atoms with Crippen molar-refractivity contribution in [3.05, 3.63) is 53.6 Å².